The zero-order valence-electron chi connectivity index (χ0n) is 12.3. The predicted molar refractivity (Wildman–Crippen MR) is 81.4 cm³/mol. The molecule has 1 aromatic heterocycles. The van der Waals surface area contributed by atoms with E-state index in [-0.39, 0.29) is 12.5 Å². The number of hydrogen-bond acceptors (Lipinski definition) is 4. The van der Waals surface area contributed by atoms with Crippen molar-refractivity contribution in [1.29, 1.82) is 5.26 Å². The molecule has 0 radical (unpaired) electrons. The van der Waals surface area contributed by atoms with Gasteiger partial charge in [0.1, 0.15) is 11.5 Å². The lowest BCUT2D eigenvalue weighted by atomic mass is 10.3. The van der Waals surface area contributed by atoms with E-state index in [9.17, 15) is 4.79 Å². The van der Waals surface area contributed by atoms with Crippen molar-refractivity contribution in [2.45, 2.75) is 13.0 Å². The van der Waals surface area contributed by atoms with Crippen LogP contribution in [0.2, 0.25) is 0 Å². The second kappa shape index (κ2) is 7.74. The minimum Gasteiger partial charge on any atom is -0.497 e. The van der Waals surface area contributed by atoms with Crippen LogP contribution in [0.25, 0.3) is 0 Å². The van der Waals surface area contributed by atoms with E-state index in [1.165, 1.54) is 4.90 Å². The number of nitrogens with zero attached hydrogens (tertiary/aromatic N) is 2. The summed E-state index contributed by atoms with van der Waals surface area (Å²) in [5.41, 5.74) is 0.659. The molecule has 0 saturated carbocycles. The molecule has 0 spiro atoms. The second-order valence-electron chi connectivity index (χ2n) is 4.57. The van der Waals surface area contributed by atoms with Gasteiger partial charge in [-0.05, 0) is 36.4 Å². The Morgan fingerprint density at radius 3 is 2.73 bits per heavy atom. The van der Waals surface area contributed by atoms with Crippen molar-refractivity contribution in [2.75, 3.05) is 19.0 Å². The first-order valence-electron chi connectivity index (χ1n) is 6.82. The van der Waals surface area contributed by atoms with Gasteiger partial charge in [0.25, 0.3) is 0 Å². The molecule has 114 valence electrons. The van der Waals surface area contributed by atoms with Gasteiger partial charge in [0.15, 0.2) is 0 Å². The van der Waals surface area contributed by atoms with E-state index >= 15 is 0 Å². The number of methoxy groups -OCH3 is 1. The smallest absolute Gasteiger partial charge is 0.322 e. The average Bonchev–Trinajstić information content (AvgIpc) is 3.05. The zero-order valence-corrected chi connectivity index (χ0v) is 12.3. The van der Waals surface area contributed by atoms with E-state index in [4.69, 9.17) is 14.4 Å². The SMILES string of the molecule is COc1ccc(NC(=O)N(CCC#N)Cc2ccco2)cc1. The predicted octanol–water partition coefficient (Wildman–Crippen LogP) is 3.24. The van der Waals surface area contributed by atoms with Crippen LogP contribution in [0.15, 0.2) is 47.1 Å². The van der Waals surface area contributed by atoms with Gasteiger partial charge in [-0.1, -0.05) is 0 Å². The molecule has 22 heavy (non-hydrogen) atoms. The minimum absolute atomic E-state index is 0.261. The summed E-state index contributed by atoms with van der Waals surface area (Å²) in [6.07, 6.45) is 1.82. The van der Waals surface area contributed by atoms with Crippen molar-refractivity contribution in [3.05, 3.63) is 48.4 Å². The first kappa shape index (κ1) is 15.4. The summed E-state index contributed by atoms with van der Waals surface area (Å²) < 4.78 is 10.3. The molecule has 0 bridgehead atoms. The van der Waals surface area contributed by atoms with Gasteiger partial charge in [0.2, 0.25) is 0 Å². The Balaban J connectivity index is 2.02. The number of nitriles is 1. The van der Waals surface area contributed by atoms with Gasteiger partial charge in [-0.3, -0.25) is 0 Å². The molecule has 0 aliphatic heterocycles. The Morgan fingerprint density at radius 1 is 1.36 bits per heavy atom. The molecule has 0 unspecified atom stereocenters. The van der Waals surface area contributed by atoms with Gasteiger partial charge in [0, 0.05) is 12.2 Å². The lowest BCUT2D eigenvalue weighted by Crippen LogP contribution is -2.35. The van der Waals surface area contributed by atoms with Crippen LogP contribution >= 0.6 is 0 Å². The highest BCUT2D eigenvalue weighted by Crippen LogP contribution is 2.16. The maximum Gasteiger partial charge on any atom is 0.322 e. The third-order valence-corrected chi connectivity index (χ3v) is 3.05. The van der Waals surface area contributed by atoms with Crippen LogP contribution in [0, 0.1) is 11.3 Å². The van der Waals surface area contributed by atoms with Crippen molar-refractivity contribution in [1.82, 2.24) is 4.90 Å². The summed E-state index contributed by atoms with van der Waals surface area (Å²) >= 11 is 0. The number of carbonyl (C=O) groups excluding carboxylic acids is 1. The standard InChI is InChI=1S/C16H17N3O3/c1-21-14-7-5-13(6-8-14)18-16(20)19(10-3-9-17)12-15-4-2-11-22-15/h2,4-8,11H,3,10,12H2,1H3,(H,18,20). The van der Waals surface area contributed by atoms with Crippen molar-refractivity contribution in [3.63, 3.8) is 0 Å². The number of rotatable bonds is 6. The highest BCUT2D eigenvalue weighted by Gasteiger charge is 2.15. The van der Waals surface area contributed by atoms with Crippen LogP contribution in [0.3, 0.4) is 0 Å². The van der Waals surface area contributed by atoms with Crippen LogP contribution in [-0.4, -0.2) is 24.6 Å². The van der Waals surface area contributed by atoms with Gasteiger partial charge >= 0.3 is 6.03 Å². The number of carbonyl (C=O) groups is 1. The van der Waals surface area contributed by atoms with Gasteiger partial charge in [0.05, 0.1) is 32.4 Å². The Morgan fingerprint density at radius 2 is 2.14 bits per heavy atom. The van der Waals surface area contributed by atoms with Gasteiger partial charge in [-0.25, -0.2) is 4.79 Å². The molecule has 0 aliphatic rings. The summed E-state index contributed by atoms with van der Waals surface area (Å²) in [7, 11) is 1.58. The van der Waals surface area contributed by atoms with Crippen molar-refractivity contribution in [3.8, 4) is 11.8 Å². The summed E-state index contributed by atoms with van der Waals surface area (Å²) in [6.45, 7) is 0.649. The lowest BCUT2D eigenvalue weighted by Gasteiger charge is -2.21. The number of benzene rings is 1. The number of nitrogens with one attached hydrogen (secondary N) is 1. The zero-order chi connectivity index (χ0) is 15.8. The highest BCUT2D eigenvalue weighted by atomic mass is 16.5. The van der Waals surface area contributed by atoms with Crippen LogP contribution < -0.4 is 10.1 Å². The first-order chi connectivity index (χ1) is 10.7. The van der Waals surface area contributed by atoms with E-state index in [1.807, 2.05) is 6.07 Å². The highest BCUT2D eigenvalue weighted by molar-refractivity contribution is 5.89. The molecule has 6 heteroatoms. The molecule has 0 fully saturated rings. The second-order valence-corrected chi connectivity index (χ2v) is 4.57. The van der Waals surface area contributed by atoms with E-state index in [0.29, 0.717) is 24.5 Å². The van der Waals surface area contributed by atoms with Crippen LogP contribution in [0.5, 0.6) is 5.75 Å². The maximum absolute atomic E-state index is 12.3. The molecular formula is C16H17N3O3. The molecule has 0 saturated heterocycles. The fraction of sp³-hybridized carbons (Fsp3) is 0.250. The average molecular weight is 299 g/mol. The molecule has 1 N–H and O–H groups in total. The number of hydrogen-bond donors (Lipinski definition) is 1. The molecular weight excluding hydrogens is 282 g/mol. The minimum atomic E-state index is -0.281. The van der Waals surface area contributed by atoms with Crippen LogP contribution in [0.1, 0.15) is 12.2 Å². The number of urea groups is 1. The normalized spacial score (nSPS) is 9.82. The van der Waals surface area contributed by atoms with Crippen molar-refractivity contribution >= 4 is 11.7 Å². The maximum atomic E-state index is 12.3. The fourth-order valence-corrected chi connectivity index (χ4v) is 1.90. The third kappa shape index (κ3) is 4.28. The van der Waals surface area contributed by atoms with Crippen molar-refractivity contribution in [2.24, 2.45) is 0 Å². The molecule has 0 atom stereocenters. The molecule has 2 rings (SSSR count). The largest absolute Gasteiger partial charge is 0.497 e. The molecule has 1 aromatic carbocycles. The topological polar surface area (TPSA) is 78.5 Å². The summed E-state index contributed by atoms with van der Waals surface area (Å²) in [5.74, 6) is 1.39. The number of anilines is 1. The molecule has 2 amide bonds. The Labute approximate surface area is 128 Å². The first-order valence-corrected chi connectivity index (χ1v) is 6.82. The number of furan rings is 1. The van der Waals surface area contributed by atoms with E-state index in [2.05, 4.69) is 5.32 Å². The lowest BCUT2D eigenvalue weighted by molar-refractivity contribution is 0.205. The van der Waals surface area contributed by atoms with E-state index < -0.39 is 0 Å². The molecule has 1 heterocycles. The molecule has 6 nitrogen and oxygen atoms in total. The Kier molecular flexibility index (Phi) is 5.44. The monoisotopic (exact) mass is 299 g/mol. The van der Waals surface area contributed by atoms with Gasteiger partial charge in [-0.2, -0.15) is 5.26 Å². The fourth-order valence-electron chi connectivity index (χ4n) is 1.90. The molecule has 2 aromatic rings. The number of amides is 2. The Bertz CT molecular complexity index is 630. The summed E-state index contributed by atoms with van der Waals surface area (Å²) in [5, 5.41) is 11.5. The quantitative estimate of drug-likeness (QED) is 0.888. The summed E-state index contributed by atoms with van der Waals surface area (Å²) in [6, 6.07) is 12.4. The van der Waals surface area contributed by atoms with E-state index in [1.54, 1.807) is 49.8 Å². The summed E-state index contributed by atoms with van der Waals surface area (Å²) in [4.78, 5) is 13.9. The van der Waals surface area contributed by atoms with Crippen LogP contribution in [0.4, 0.5) is 10.5 Å². The Hall–Kier alpha value is -2.94. The van der Waals surface area contributed by atoms with Gasteiger partial charge in [-0.15, -0.1) is 0 Å². The van der Waals surface area contributed by atoms with E-state index in [0.717, 1.165) is 5.75 Å². The van der Waals surface area contributed by atoms with Crippen LogP contribution in [-0.2, 0) is 6.54 Å². The molecule has 0 aliphatic carbocycles. The number of ether oxygens (including phenoxy) is 1. The van der Waals surface area contributed by atoms with Crippen molar-refractivity contribution < 1.29 is 13.9 Å². The third-order valence-electron chi connectivity index (χ3n) is 3.05. The van der Waals surface area contributed by atoms with Gasteiger partial charge < -0.3 is 19.4 Å².